The SMILES string of the molecule is CCc1cccc(N(CCN(C)C)c2nccc(-c3ccc(OC)cc3)n2)c1. The zero-order valence-electron chi connectivity index (χ0n) is 17.1. The van der Waals surface area contributed by atoms with Crippen molar-refractivity contribution in [1.82, 2.24) is 14.9 Å². The smallest absolute Gasteiger partial charge is 0.230 e. The Hall–Kier alpha value is -2.92. The molecule has 0 amide bonds. The molecule has 0 bridgehead atoms. The third kappa shape index (κ3) is 4.87. The quantitative estimate of drug-likeness (QED) is 0.582. The second-order valence-corrected chi connectivity index (χ2v) is 6.95. The van der Waals surface area contributed by atoms with E-state index in [0.717, 1.165) is 42.2 Å². The number of aryl methyl sites for hydroxylation is 1. The second-order valence-electron chi connectivity index (χ2n) is 6.95. The van der Waals surface area contributed by atoms with Crippen LogP contribution in [0.4, 0.5) is 11.6 Å². The molecule has 0 atom stereocenters. The molecule has 0 aliphatic carbocycles. The van der Waals surface area contributed by atoms with Crippen LogP contribution < -0.4 is 9.64 Å². The van der Waals surface area contributed by atoms with Gasteiger partial charge in [0.2, 0.25) is 5.95 Å². The third-order valence-corrected chi connectivity index (χ3v) is 4.67. The van der Waals surface area contributed by atoms with Crippen LogP contribution in [0.1, 0.15) is 12.5 Å². The summed E-state index contributed by atoms with van der Waals surface area (Å²) in [6.45, 7) is 3.89. The van der Waals surface area contributed by atoms with E-state index in [-0.39, 0.29) is 0 Å². The van der Waals surface area contributed by atoms with Gasteiger partial charge in [0.25, 0.3) is 0 Å². The Morgan fingerprint density at radius 3 is 2.43 bits per heavy atom. The number of aromatic nitrogens is 2. The predicted octanol–water partition coefficient (Wildman–Crippen LogP) is 4.41. The maximum absolute atomic E-state index is 5.26. The first kappa shape index (κ1) is 19.8. The van der Waals surface area contributed by atoms with Crippen LogP contribution in [0.15, 0.2) is 60.8 Å². The van der Waals surface area contributed by atoms with Gasteiger partial charge < -0.3 is 14.5 Å². The van der Waals surface area contributed by atoms with Gasteiger partial charge in [-0.25, -0.2) is 9.97 Å². The summed E-state index contributed by atoms with van der Waals surface area (Å²) in [5.74, 6) is 1.55. The molecule has 0 spiro atoms. The van der Waals surface area contributed by atoms with Crippen molar-refractivity contribution in [2.24, 2.45) is 0 Å². The summed E-state index contributed by atoms with van der Waals surface area (Å²) in [7, 11) is 5.83. The number of hydrogen-bond donors (Lipinski definition) is 0. The highest BCUT2D eigenvalue weighted by Crippen LogP contribution is 2.26. The number of benzene rings is 2. The fraction of sp³-hybridized carbons (Fsp3) is 0.304. The number of ether oxygens (including phenoxy) is 1. The lowest BCUT2D eigenvalue weighted by Gasteiger charge is -2.25. The van der Waals surface area contributed by atoms with Gasteiger partial charge in [0.05, 0.1) is 12.8 Å². The van der Waals surface area contributed by atoms with Gasteiger partial charge in [0, 0.05) is 30.5 Å². The molecule has 1 heterocycles. The van der Waals surface area contributed by atoms with Crippen LogP contribution in [0.2, 0.25) is 0 Å². The van der Waals surface area contributed by atoms with Crippen molar-refractivity contribution in [3.8, 4) is 17.0 Å². The van der Waals surface area contributed by atoms with E-state index in [0.29, 0.717) is 5.95 Å². The molecule has 0 saturated heterocycles. The van der Waals surface area contributed by atoms with Crippen molar-refractivity contribution in [3.63, 3.8) is 0 Å². The zero-order chi connectivity index (χ0) is 19.9. The average Bonchev–Trinajstić information content (AvgIpc) is 2.74. The van der Waals surface area contributed by atoms with Gasteiger partial charge >= 0.3 is 0 Å². The van der Waals surface area contributed by atoms with Crippen molar-refractivity contribution in [2.45, 2.75) is 13.3 Å². The summed E-state index contributed by atoms with van der Waals surface area (Å²) in [6, 6.07) is 18.5. The van der Waals surface area contributed by atoms with Gasteiger partial charge in [-0.05, 0) is 68.5 Å². The highest BCUT2D eigenvalue weighted by atomic mass is 16.5. The first-order valence-electron chi connectivity index (χ1n) is 9.59. The number of hydrogen-bond acceptors (Lipinski definition) is 5. The van der Waals surface area contributed by atoms with E-state index in [1.807, 2.05) is 36.5 Å². The molecule has 1 aromatic heterocycles. The molecule has 0 aliphatic heterocycles. The van der Waals surface area contributed by atoms with E-state index in [9.17, 15) is 0 Å². The van der Waals surface area contributed by atoms with E-state index >= 15 is 0 Å². The standard InChI is InChI=1S/C23H28N4O/c1-5-18-7-6-8-20(17-18)27(16-15-26(2)3)23-24-14-13-22(25-23)19-9-11-21(28-4)12-10-19/h6-14,17H,5,15-16H2,1-4H3. The number of nitrogens with zero attached hydrogens (tertiary/aromatic N) is 4. The van der Waals surface area contributed by atoms with Crippen LogP contribution in [0.3, 0.4) is 0 Å². The van der Waals surface area contributed by atoms with E-state index in [1.54, 1.807) is 7.11 Å². The Bertz CT molecular complexity index is 893. The van der Waals surface area contributed by atoms with E-state index < -0.39 is 0 Å². The molecule has 0 fully saturated rings. The first-order valence-corrected chi connectivity index (χ1v) is 9.59. The Kier molecular flexibility index (Phi) is 6.61. The van der Waals surface area contributed by atoms with Crippen LogP contribution >= 0.6 is 0 Å². The average molecular weight is 377 g/mol. The molecule has 5 heteroatoms. The monoisotopic (exact) mass is 376 g/mol. The van der Waals surface area contributed by atoms with Crippen LogP contribution in [-0.2, 0) is 6.42 Å². The van der Waals surface area contributed by atoms with Crippen molar-refractivity contribution in [1.29, 1.82) is 0 Å². The van der Waals surface area contributed by atoms with Gasteiger partial charge in [-0.1, -0.05) is 19.1 Å². The number of methoxy groups -OCH3 is 1. The van der Waals surface area contributed by atoms with Crippen LogP contribution in [-0.4, -0.2) is 49.2 Å². The summed E-state index contributed by atoms with van der Waals surface area (Å²) >= 11 is 0. The molecule has 0 unspecified atom stereocenters. The van der Waals surface area contributed by atoms with Crippen molar-refractivity contribution < 1.29 is 4.74 Å². The molecule has 0 aliphatic rings. The maximum atomic E-state index is 5.26. The summed E-state index contributed by atoms with van der Waals surface area (Å²) in [5, 5.41) is 0. The minimum Gasteiger partial charge on any atom is -0.497 e. The molecular weight excluding hydrogens is 348 g/mol. The lowest BCUT2D eigenvalue weighted by molar-refractivity contribution is 0.415. The molecular formula is C23H28N4O. The van der Waals surface area contributed by atoms with Gasteiger partial charge in [-0.15, -0.1) is 0 Å². The molecule has 5 nitrogen and oxygen atoms in total. The van der Waals surface area contributed by atoms with Gasteiger partial charge in [0.1, 0.15) is 5.75 Å². The van der Waals surface area contributed by atoms with E-state index in [1.165, 1.54) is 5.56 Å². The summed E-state index contributed by atoms with van der Waals surface area (Å²) in [5.41, 5.74) is 4.36. The van der Waals surface area contributed by atoms with Crippen molar-refractivity contribution in [3.05, 3.63) is 66.4 Å². The fourth-order valence-electron chi connectivity index (χ4n) is 2.99. The molecule has 0 N–H and O–H groups in total. The van der Waals surface area contributed by atoms with Gasteiger partial charge in [0.15, 0.2) is 0 Å². The Morgan fingerprint density at radius 2 is 1.75 bits per heavy atom. The largest absolute Gasteiger partial charge is 0.497 e. The molecule has 146 valence electrons. The minimum absolute atomic E-state index is 0.712. The fourth-order valence-corrected chi connectivity index (χ4v) is 2.99. The second kappa shape index (κ2) is 9.33. The Balaban J connectivity index is 1.96. The van der Waals surface area contributed by atoms with Crippen LogP contribution in [0.5, 0.6) is 5.75 Å². The highest BCUT2D eigenvalue weighted by Gasteiger charge is 2.14. The lowest BCUT2D eigenvalue weighted by Crippen LogP contribution is -2.29. The summed E-state index contributed by atoms with van der Waals surface area (Å²) < 4.78 is 5.26. The molecule has 0 saturated carbocycles. The molecule has 3 aromatic rings. The van der Waals surface area contributed by atoms with E-state index in [4.69, 9.17) is 9.72 Å². The minimum atomic E-state index is 0.712. The first-order chi connectivity index (χ1) is 13.6. The molecule has 0 radical (unpaired) electrons. The van der Waals surface area contributed by atoms with E-state index in [2.05, 4.69) is 60.1 Å². The summed E-state index contributed by atoms with van der Waals surface area (Å²) in [4.78, 5) is 13.8. The van der Waals surface area contributed by atoms with Crippen molar-refractivity contribution >= 4 is 11.6 Å². The van der Waals surface area contributed by atoms with Crippen LogP contribution in [0, 0.1) is 0 Å². The lowest BCUT2D eigenvalue weighted by atomic mass is 10.1. The predicted molar refractivity (Wildman–Crippen MR) is 115 cm³/mol. The van der Waals surface area contributed by atoms with Crippen LogP contribution in [0.25, 0.3) is 11.3 Å². The maximum Gasteiger partial charge on any atom is 0.230 e. The number of anilines is 2. The van der Waals surface area contributed by atoms with Crippen molar-refractivity contribution in [2.75, 3.05) is 39.2 Å². The molecule has 3 rings (SSSR count). The summed E-state index contributed by atoms with van der Waals surface area (Å²) in [6.07, 6.45) is 2.83. The Morgan fingerprint density at radius 1 is 0.964 bits per heavy atom. The third-order valence-electron chi connectivity index (χ3n) is 4.67. The molecule has 2 aromatic carbocycles. The number of rotatable bonds is 8. The topological polar surface area (TPSA) is 41.5 Å². The highest BCUT2D eigenvalue weighted by molar-refractivity contribution is 5.64. The number of likely N-dealkylation sites (N-methyl/N-ethyl adjacent to an activating group) is 1. The van der Waals surface area contributed by atoms with Gasteiger partial charge in [-0.2, -0.15) is 0 Å². The normalized spacial score (nSPS) is 10.9. The zero-order valence-corrected chi connectivity index (χ0v) is 17.1. The van der Waals surface area contributed by atoms with Gasteiger partial charge in [-0.3, -0.25) is 0 Å². The molecule has 28 heavy (non-hydrogen) atoms. The Labute approximate surface area is 167 Å².